The Labute approximate surface area is 122 Å². The Morgan fingerprint density at radius 1 is 1.43 bits per heavy atom. The molecule has 1 saturated heterocycles. The molecule has 2 aromatic rings. The minimum Gasteiger partial charge on any atom is -0.331 e. The molecule has 4 rings (SSSR count). The second-order valence-electron chi connectivity index (χ2n) is 5.81. The van der Waals surface area contributed by atoms with E-state index in [0.717, 1.165) is 36.3 Å². The number of aromatic nitrogens is 4. The highest BCUT2D eigenvalue weighted by molar-refractivity contribution is 5.77. The molecule has 108 valence electrons. The van der Waals surface area contributed by atoms with Crippen LogP contribution in [0.1, 0.15) is 36.0 Å². The van der Waals surface area contributed by atoms with Gasteiger partial charge in [-0.2, -0.15) is 0 Å². The van der Waals surface area contributed by atoms with Crippen molar-refractivity contribution in [1.82, 2.24) is 24.4 Å². The number of hydrogen-bond donors (Lipinski definition) is 0. The van der Waals surface area contributed by atoms with Crippen LogP contribution < -0.4 is 0 Å². The molecule has 0 saturated carbocycles. The maximum atomic E-state index is 12.6. The van der Waals surface area contributed by atoms with Gasteiger partial charge in [0.25, 0.3) is 0 Å². The van der Waals surface area contributed by atoms with Crippen LogP contribution in [0, 0.1) is 6.92 Å². The van der Waals surface area contributed by atoms with E-state index < -0.39 is 0 Å². The zero-order chi connectivity index (χ0) is 14.4. The number of amides is 1. The lowest BCUT2D eigenvalue weighted by Crippen LogP contribution is -2.43. The van der Waals surface area contributed by atoms with Crippen LogP contribution >= 0.6 is 0 Å². The van der Waals surface area contributed by atoms with Crippen molar-refractivity contribution in [3.63, 3.8) is 0 Å². The third-order valence-electron chi connectivity index (χ3n) is 4.48. The second kappa shape index (κ2) is 4.65. The van der Waals surface area contributed by atoms with Gasteiger partial charge in [0.05, 0.1) is 18.1 Å². The van der Waals surface area contributed by atoms with Crippen molar-refractivity contribution in [3.8, 4) is 0 Å². The van der Waals surface area contributed by atoms with Gasteiger partial charge in [-0.15, -0.1) is 0 Å². The molecule has 2 bridgehead atoms. The Morgan fingerprint density at radius 3 is 3.14 bits per heavy atom. The summed E-state index contributed by atoms with van der Waals surface area (Å²) >= 11 is 0. The van der Waals surface area contributed by atoms with Crippen LogP contribution in [0.15, 0.2) is 24.9 Å². The van der Waals surface area contributed by atoms with Crippen LogP contribution in [0.2, 0.25) is 0 Å². The van der Waals surface area contributed by atoms with E-state index in [1.807, 2.05) is 28.8 Å². The fourth-order valence-corrected chi connectivity index (χ4v) is 3.58. The highest BCUT2D eigenvalue weighted by atomic mass is 16.2. The number of imidazole rings is 1. The Morgan fingerprint density at radius 2 is 2.33 bits per heavy atom. The summed E-state index contributed by atoms with van der Waals surface area (Å²) in [5.74, 6) is 0.970. The van der Waals surface area contributed by atoms with Gasteiger partial charge in [0, 0.05) is 36.6 Å². The molecular weight excluding hydrogens is 266 g/mol. The molecule has 2 aliphatic rings. The number of nitrogens with zero attached hydrogens (tertiary/aromatic N) is 5. The molecule has 6 heteroatoms. The highest BCUT2D eigenvalue weighted by Crippen LogP contribution is 2.42. The van der Waals surface area contributed by atoms with Gasteiger partial charge in [0.2, 0.25) is 5.91 Å². The minimum absolute atomic E-state index is 0.148. The van der Waals surface area contributed by atoms with Gasteiger partial charge < -0.3 is 9.47 Å². The molecule has 21 heavy (non-hydrogen) atoms. The Kier molecular flexibility index (Phi) is 2.77. The van der Waals surface area contributed by atoms with Gasteiger partial charge in [-0.3, -0.25) is 4.79 Å². The standard InChI is InChI=1S/C15H17N5O/c1-10-17-7-12-13(18-10)6-11-2-3-14(12)20(11)15(21)8-19-5-4-16-9-19/h4-5,7,9,11,14H,2-3,6,8H2,1H3/t11-,14-/m0/s1. The Hall–Kier alpha value is -2.24. The van der Waals surface area contributed by atoms with E-state index >= 15 is 0 Å². The summed E-state index contributed by atoms with van der Waals surface area (Å²) in [6.45, 7) is 2.27. The fourth-order valence-electron chi connectivity index (χ4n) is 3.58. The monoisotopic (exact) mass is 283 g/mol. The number of carbonyl (C=O) groups is 1. The van der Waals surface area contributed by atoms with Crippen molar-refractivity contribution >= 4 is 5.91 Å². The number of aryl methyl sites for hydroxylation is 1. The third kappa shape index (κ3) is 2.02. The first-order valence-electron chi connectivity index (χ1n) is 7.31. The molecule has 4 heterocycles. The van der Waals surface area contributed by atoms with E-state index in [4.69, 9.17) is 0 Å². The summed E-state index contributed by atoms with van der Waals surface area (Å²) in [6.07, 6.45) is 10.0. The second-order valence-corrected chi connectivity index (χ2v) is 5.81. The maximum Gasteiger partial charge on any atom is 0.243 e. The van der Waals surface area contributed by atoms with E-state index in [9.17, 15) is 4.79 Å². The molecule has 6 nitrogen and oxygen atoms in total. The van der Waals surface area contributed by atoms with E-state index in [1.54, 1.807) is 12.5 Å². The minimum atomic E-state index is 0.148. The van der Waals surface area contributed by atoms with Crippen molar-refractivity contribution < 1.29 is 4.79 Å². The Balaban J connectivity index is 1.63. The first kappa shape index (κ1) is 12.5. The van der Waals surface area contributed by atoms with Gasteiger partial charge in [-0.25, -0.2) is 15.0 Å². The molecule has 0 radical (unpaired) electrons. The van der Waals surface area contributed by atoms with Crippen LogP contribution in [-0.2, 0) is 17.8 Å². The molecule has 0 N–H and O–H groups in total. The summed E-state index contributed by atoms with van der Waals surface area (Å²) in [4.78, 5) is 27.5. The third-order valence-corrected chi connectivity index (χ3v) is 4.48. The predicted molar refractivity (Wildman–Crippen MR) is 75.3 cm³/mol. The Bertz CT molecular complexity index is 681. The van der Waals surface area contributed by atoms with Crippen LogP contribution in [0.3, 0.4) is 0 Å². The van der Waals surface area contributed by atoms with E-state index in [-0.39, 0.29) is 18.0 Å². The van der Waals surface area contributed by atoms with Gasteiger partial charge in [-0.05, 0) is 19.8 Å². The number of rotatable bonds is 2. The first-order chi connectivity index (χ1) is 10.2. The zero-order valence-corrected chi connectivity index (χ0v) is 11.9. The van der Waals surface area contributed by atoms with Crippen molar-refractivity contribution in [1.29, 1.82) is 0 Å². The quantitative estimate of drug-likeness (QED) is 0.832. The van der Waals surface area contributed by atoms with Gasteiger partial charge in [0.15, 0.2) is 0 Å². The smallest absolute Gasteiger partial charge is 0.243 e. The first-order valence-corrected chi connectivity index (χ1v) is 7.31. The molecule has 2 aliphatic heterocycles. The van der Waals surface area contributed by atoms with Crippen LogP contribution in [0.4, 0.5) is 0 Å². The van der Waals surface area contributed by atoms with Crippen LogP contribution in [0.25, 0.3) is 0 Å². The maximum absolute atomic E-state index is 12.6. The molecule has 2 atom stereocenters. The zero-order valence-electron chi connectivity index (χ0n) is 11.9. The largest absolute Gasteiger partial charge is 0.331 e. The summed E-state index contributed by atoms with van der Waals surface area (Å²) in [5, 5.41) is 0. The summed E-state index contributed by atoms with van der Waals surface area (Å²) < 4.78 is 1.82. The summed E-state index contributed by atoms with van der Waals surface area (Å²) in [5.41, 5.74) is 2.26. The summed E-state index contributed by atoms with van der Waals surface area (Å²) in [6, 6.07) is 0.434. The lowest BCUT2D eigenvalue weighted by Gasteiger charge is -2.35. The molecule has 1 amide bonds. The van der Waals surface area contributed by atoms with Crippen LogP contribution in [-0.4, -0.2) is 36.4 Å². The SMILES string of the molecule is Cc1ncc2c(n1)C[C@@H]1CC[C@@H]2N1C(=O)Cn1ccnc1. The molecule has 0 aromatic carbocycles. The van der Waals surface area contributed by atoms with Crippen molar-refractivity contribution in [2.24, 2.45) is 0 Å². The van der Waals surface area contributed by atoms with E-state index in [1.165, 1.54) is 0 Å². The van der Waals surface area contributed by atoms with Gasteiger partial charge in [-0.1, -0.05) is 0 Å². The normalized spacial score (nSPS) is 23.2. The molecule has 0 aliphatic carbocycles. The number of hydrogen-bond acceptors (Lipinski definition) is 4. The van der Waals surface area contributed by atoms with Crippen LogP contribution in [0.5, 0.6) is 0 Å². The topological polar surface area (TPSA) is 63.9 Å². The van der Waals surface area contributed by atoms with E-state index in [0.29, 0.717) is 6.54 Å². The van der Waals surface area contributed by atoms with Gasteiger partial charge in [0.1, 0.15) is 12.4 Å². The molecular formula is C15H17N5O. The number of carbonyl (C=O) groups excluding carboxylic acids is 1. The lowest BCUT2D eigenvalue weighted by molar-refractivity contribution is -0.135. The summed E-state index contributed by atoms with van der Waals surface area (Å²) in [7, 11) is 0. The van der Waals surface area contributed by atoms with Gasteiger partial charge >= 0.3 is 0 Å². The average Bonchev–Trinajstić information content (AvgIpc) is 3.06. The number of fused-ring (bicyclic) bond motifs is 4. The van der Waals surface area contributed by atoms with Crippen molar-refractivity contribution in [2.45, 2.75) is 44.8 Å². The average molecular weight is 283 g/mol. The predicted octanol–water partition coefficient (Wildman–Crippen LogP) is 1.27. The highest BCUT2D eigenvalue weighted by Gasteiger charge is 2.43. The molecule has 0 spiro atoms. The van der Waals surface area contributed by atoms with E-state index in [2.05, 4.69) is 15.0 Å². The molecule has 2 aromatic heterocycles. The van der Waals surface area contributed by atoms with Crippen molar-refractivity contribution in [3.05, 3.63) is 42.0 Å². The lowest BCUT2D eigenvalue weighted by atomic mass is 9.99. The van der Waals surface area contributed by atoms with Crippen molar-refractivity contribution in [2.75, 3.05) is 0 Å². The molecule has 1 fully saturated rings. The molecule has 0 unspecified atom stereocenters. The fraction of sp³-hybridized carbons (Fsp3) is 0.467.